The van der Waals surface area contributed by atoms with Crippen molar-refractivity contribution in [1.29, 1.82) is 0 Å². The summed E-state index contributed by atoms with van der Waals surface area (Å²) in [5.74, 6) is 0.435. The Kier molecular flexibility index (Phi) is 5.13. The van der Waals surface area contributed by atoms with Gasteiger partial charge in [0.1, 0.15) is 5.82 Å². The van der Waals surface area contributed by atoms with Gasteiger partial charge in [-0.3, -0.25) is 0 Å². The largest absolute Gasteiger partial charge is 0.313 e. The fourth-order valence-electron chi connectivity index (χ4n) is 2.54. The van der Waals surface area contributed by atoms with Crippen LogP contribution in [-0.4, -0.2) is 7.05 Å². The first-order valence-corrected chi connectivity index (χ1v) is 7.57. The van der Waals surface area contributed by atoms with Crippen molar-refractivity contribution in [2.75, 3.05) is 7.05 Å². The van der Waals surface area contributed by atoms with Crippen LogP contribution in [0.5, 0.6) is 0 Å². The number of nitrogens with one attached hydrogen (secondary N) is 1. The second-order valence-corrected chi connectivity index (χ2v) is 6.05. The number of halogens is 1. The third kappa shape index (κ3) is 3.92. The summed E-state index contributed by atoms with van der Waals surface area (Å²) in [6, 6.07) is 13.8. The maximum absolute atomic E-state index is 14.2. The van der Waals surface area contributed by atoms with Crippen LogP contribution in [0.4, 0.5) is 4.39 Å². The standard InChI is InChI=1S/C19H24FN/c1-13(2)10-15-6-5-7-17(11-15)18-12-16(14(3)21-4)8-9-19(18)20/h5-9,11-14,21H,10H2,1-4H3. The van der Waals surface area contributed by atoms with Crippen molar-refractivity contribution < 1.29 is 4.39 Å². The zero-order valence-electron chi connectivity index (χ0n) is 13.3. The Labute approximate surface area is 127 Å². The highest BCUT2D eigenvalue weighted by molar-refractivity contribution is 5.66. The Bertz CT molecular complexity index is 604. The lowest BCUT2D eigenvalue weighted by atomic mass is 9.96. The van der Waals surface area contributed by atoms with Crippen LogP contribution < -0.4 is 5.32 Å². The van der Waals surface area contributed by atoms with Crippen molar-refractivity contribution in [3.8, 4) is 11.1 Å². The quantitative estimate of drug-likeness (QED) is 0.817. The average Bonchev–Trinajstić information content (AvgIpc) is 2.46. The van der Waals surface area contributed by atoms with E-state index in [9.17, 15) is 4.39 Å². The Morgan fingerprint density at radius 2 is 1.81 bits per heavy atom. The number of hydrogen-bond donors (Lipinski definition) is 1. The van der Waals surface area contributed by atoms with Crippen LogP contribution in [-0.2, 0) is 6.42 Å². The fourth-order valence-corrected chi connectivity index (χ4v) is 2.54. The molecule has 2 aromatic rings. The molecule has 0 bridgehead atoms. The molecule has 0 fully saturated rings. The van der Waals surface area contributed by atoms with Gasteiger partial charge in [0.15, 0.2) is 0 Å². The van der Waals surface area contributed by atoms with Crippen molar-refractivity contribution in [2.45, 2.75) is 33.2 Å². The molecule has 1 N–H and O–H groups in total. The van der Waals surface area contributed by atoms with Gasteiger partial charge in [-0.15, -0.1) is 0 Å². The van der Waals surface area contributed by atoms with Crippen molar-refractivity contribution >= 4 is 0 Å². The van der Waals surface area contributed by atoms with Crippen LogP contribution in [0.3, 0.4) is 0 Å². The van der Waals surface area contributed by atoms with E-state index in [4.69, 9.17) is 0 Å². The van der Waals surface area contributed by atoms with Gasteiger partial charge in [-0.2, -0.15) is 0 Å². The van der Waals surface area contributed by atoms with Crippen molar-refractivity contribution in [1.82, 2.24) is 5.32 Å². The summed E-state index contributed by atoms with van der Waals surface area (Å²) in [6.45, 7) is 6.47. The van der Waals surface area contributed by atoms with Gasteiger partial charge in [-0.25, -0.2) is 4.39 Å². The zero-order chi connectivity index (χ0) is 15.4. The van der Waals surface area contributed by atoms with Crippen LogP contribution in [0.25, 0.3) is 11.1 Å². The summed E-state index contributed by atoms with van der Waals surface area (Å²) in [6.07, 6.45) is 1.02. The summed E-state index contributed by atoms with van der Waals surface area (Å²) in [7, 11) is 1.91. The van der Waals surface area contributed by atoms with Crippen LogP contribution in [0.15, 0.2) is 42.5 Å². The molecule has 1 nitrogen and oxygen atoms in total. The van der Waals surface area contributed by atoms with E-state index in [2.05, 4.69) is 38.2 Å². The molecule has 0 amide bonds. The lowest BCUT2D eigenvalue weighted by molar-refractivity contribution is 0.622. The maximum atomic E-state index is 14.2. The van der Waals surface area contributed by atoms with Crippen molar-refractivity contribution in [3.05, 3.63) is 59.4 Å². The van der Waals surface area contributed by atoms with Crippen LogP contribution in [0.1, 0.15) is 37.9 Å². The number of benzene rings is 2. The topological polar surface area (TPSA) is 12.0 Å². The number of hydrogen-bond acceptors (Lipinski definition) is 1. The monoisotopic (exact) mass is 285 g/mol. The Morgan fingerprint density at radius 1 is 1.05 bits per heavy atom. The molecule has 0 aliphatic heterocycles. The van der Waals surface area contributed by atoms with Gasteiger partial charge in [0.25, 0.3) is 0 Å². The predicted octanol–water partition coefficient (Wildman–Crippen LogP) is 4.97. The SMILES string of the molecule is CNC(C)c1ccc(F)c(-c2cccc(CC(C)C)c2)c1. The summed E-state index contributed by atoms with van der Waals surface area (Å²) in [5, 5.41) is 3.19. The summed E-state index contributed by atoms with van der Waals surface area (Å²) in [5.41, 5.74) is 3.99. The fraction of sp³-hybridized carbons (Fsp3) is 0.368. The van der Waals surface area contributed by atoms with Gasteiger partial charge in [0.05, 0.1) is 0 Å². The highest BCUT2D eigenvalue weighted by Crippen LogP contribution is 2.27. The van der Waals surface area contributed by atoms with Crippen molar-refractivity contribution in [2.24, 2.45) is 5.92 Å². The molecule has 0 saturated carbocycles. The van der Waals surface area contributed by atoms with Gasteiger partial charge < -0.3 is 5.32 Å². The Morgan fingerprint density at radius 3 is 2.48 bits per heavy atom. The minimum Gasteiger partial charge on any atom is -0.313 e. The summed E-state index contributed by atoms with van der Waals surface area (Å²) in [4.78, 5) is 0. The van der Waals surface area contributed by atoms with Gasteiger partial charge in [0, 0.05) is 11.6 Å². The van der Waals surface area contributed by atoms with Crippen LogP contribution >= 0.6 is 0 Å². The maximum Gasteiger partial charge on any atom is 0.131 e. The van der Waals surface area contributed by atoms with Gasteiger partial charge in [0.2, 0.25) is 0 Å². The lowest BCUT2D eigenvalue weighted by Crippen LogP contribution is -2.12. The average molecular weight is 285 g/mol. The second kappa shape index (κ2) is 6.86. The lowest BCUT2D eigenvalue weighted by Gasteiger charge is -2.14. The van der Waals surface area contributed by atoms with E-state index in [-0.39, 0.29) is 11.9 Å². The Hall–Kier alpha value is -1.67. The molecular formula is C19H24FN. The molecule has 0 radical (unpaired) electrons. The molecule has 112 valence electrons. The predicted molar refractivity (Wildman–Crippen MR) is 87.9 cm³/mol. The molecule has 0 aromatic heterocycles. The van der Waals surface area contributed by atoms with Crippen LogP contribution in [0, 0.1) is 11.7 Å². The zero-order valence-corrected chi connectivity index (χ0v) is 13.3. The van der Waals surface area contributed by atoms with Gasteiger partial charge in [-0.05, 0) is 55.1 Å². The molecule has 2 aromatic carbocycles. The highest BCUT2D eigenvalue weighted by atomic mass is 19.1. The normalized spacial score (nSPS) is 12.7. The first-order valence-electron chi connectivity index (χ1n) is 7.57. The van der Waals surface area contributed by atoms with E-state index in [0.717, 1.165) is 17.5 Å². The molecule has 1 atom stereocenters. The minimum absolute atomic E-state index is 0.163. The molecular weight excluding hydrogens is 261 g/mol. The highest BCUT2D eigenvalue weighted by Gasteiger charge is 2.10. The first-order chi connectivity index (χ1) is 10.0. The van der Waals surface area contributed by atoms with E-state index < -0.39 is 0 Å². The van der Waals surface area contributed by atoms with E-state index in [1.54, 1.807) is 6.07 Å². The molecule has 0 saturated heterocycles. The molecule has 1 unspecified atom stereocenters. The number of rotatable bonds is 5. The first kappa shape index (κ1) is 15.7. The Balaban J connectivity index is 2.41. The second-order valence-electron chi connectivity index (χ2n) is 6.05. The third-order valence-electron chi connectivity index (χ3n) is 3.81. The summed E-state index contributed by atoms with van der Waals surface area (Å²) < 4.78 is 14.2. The third-order valence-corrected chi connectivity index (χ3v) is 3.81. The van der Waals surface area contributed by atoms with Crippen LogP contribution in [0.2, 0.25) is 0 Å². The molecule has 21 heavy (non-hydrogen) atoms. The van der Waals surface area contributed by atoms with Crippen molar-refractivity contribution in [3.63, 3.8) is 0 Å². The molecule has 0 heterocycles. The van der Waals surface area contributed by atoms with E-state index in [1.807, 2.05) is 31.3 Å². The molecule has 0 spiro atoms. The van der Waals surface area contributed by atoms with E-state index in [1.165, 1.54) is 5.56 Å². The minimum atomic E-state index is -0.163. The molecule has 0 aliphatic rings. The van der Waals surface area contributed by atoms with Gasteiger partial charge in [-0.1, -0.05) is 44.2 Å². The smallest absolute Gasteiger partial charge is 0.131 e. The summed E-state index contributed by atoms with van der Waals surface area (Å²) >= 11 is 0. The van der Waals surface area contributed by atoms with Gasteiger partial charge >= 0.3 is 0 Å². The van der Waals surface area contributed by atoms with E-state index >= 15 is 0 Å². The molecule has 2 heteroatoms. The molecule has 0 aliphatic carbocycles. The van der Waals surface area contributed by atoms with E-state index in [0.29, 0.717) is 11.5 Å². The molecule has 2 rings (SSSR count).